The van der Waals surface area contributed by atoms with Gasteiger partial charge < -0.3 is 14.9 Å². The minimum atomic E-state index is 0.111. The molecule has 116 valence electrons. The third kappa shape index (κ3) is 6.13. The molecule has 0 unspecified atom stereocenters. The first-order chi connectivity index (χ1) is 10.6. The molecule has 3 aromatic rings. The number of nitrogens with zero attached hydrogens (tertiary/aromatic N) is 3. The molecule has 0 fully saturated rings. The summed E-state index contributed by atoms with van der Waals surface area (Å²) >= 11 is 11.4. The zero-order valence-corrected chi connectivity index (χ0v) is 15.3. The van der Waals surface area contributed by atoms with Crippen LogP contribution in [0.15, 0.2) is 58.0 Å². The second kappa shape index (κ2) is 10.3. The lowest BCUT2D eigenvalue weighted by Crippen LogP contribution is -1.88. The zero-order valence-electron chi connectivity index (χ0n) is 11.4. The monoisotopic (exact) mass is 446 g/mol. The van der Waals surface area contributed by atoms with Crippen molar-refractivity contribution in [3.05, 3.63) is 58.0 Å². The molecule has 3 heterocycles. The first-order valence-corrected chi connectivity index (χ1v) is 8.15. The number of carbonyl (C=O) groups is 1. The van der Waals surface area contributed by atoms with E-state index in [1.807, 2.05) is 41.1 Å². The molecular weight excluding hydrogens is 435 g/mol. The number of hydrogen-bond donors (Lipinski definition) is 1. The van der Waals surface area contributed by atoms with Gasteiger partial charge in [0.05, 0.1) is 14.8 Å². The van der Waals surface area contributed by atoms with E-state index >= 15 is 0 Å². The number of fused-ring (bicyclic) bond motifs is 1. The number of carbonyl (C=O) groups excluding carboxylic acids is 1. The lowest BCUT2D eigenvalue weighted by atomic mass is 10.5. The molecule has 0 amide bonds. The molecule has 3 rings (SSSR count). The summed E-state index contributed by atoms with van der Waals surface area (Å²) in [6.07, 6.45) is 7.95. The number of hydrogen-bond acceptors (Lipinski definition) is 4. The van der Waals surface area contributed by atoms with Gasteiger partial charge in [-0.1, -0.05) is 0 Å². The summed E-state index contributed by atoms with van der Waals surface area (Å²) in [6.45, 7) is 0. The number of alkyl halides is 1. The maximum absolute atomic E-state index is 9.04. The molecule has 0 radical (unpaired) electrons. The molecule has 0 aliphatic rings. The van der Waals surface area contributed by atoms with E-state index in [2.05, 4.69) is 41.8 Å². The van der Waals surface area contributed by atoms with Crippen molar-refractivity contribution >= 4 is 61.2 Å². The molecule has 0 aliphatic heterocycles. The van der Waals surface area contributed by atoms with Gasteiger partial charge in [0.2, 0.25) is 0 Å². The van der Waals surface area contributed by atoms with Crippen LogP contribution in [0.4, 0.5) is 5.82 Å². The van der Waals surface area contributed by atoms with Crippen molar-refractivity contribution in [2.45, 2.75) is 0 Å². The van der Waals surface area contributed by atoms with Gasteiger partial charge in [-0.3, -0.25) is 0 Å². The van der Waals surface area contributed by atoms with Crippen LogP contribution in [-0.4, -0.2) is 26.5 Å². The van der Waals surface area contributed by atoms with E-state index in [1.165, 1.54) is 0 Å². The van der Waals surface area contributed by atoms with Crippen molar-refractivity contribution in [3.8, 4) is 0 Å². The highest BCUT2D eigenvalue weighted by atomic mass is 79.9. The molecule has 2 N–H and O–H groups in total. The molecule has 5 nitrogen and oxygen atoms in total. The van der Waals surface area contributed by atoms with E-state index < -0.39 is 0 Å². The lowest BCUT2D eigenvalue weighted by Gasteiger charge is -1.92. The van der Waals surface area contributed by atoms with Crippen LogP contribution in [0.25, 0.3) is 5.65 Å². The number of nitrogens with two attached hydrogens (primary N) is 1. The molecule has 0 aromatic carbocycles. The summed E-state index contributed by atoms with van der Waals surface area (Å²) in [4.78, 5) is 17.0. The Morgan fingerprint density at radius 3 is 2.32 bits per heavy atom. The normalized spacial score (nSPS) is 9.23. The first-order valence-electron chi connectivity index (χ1n) is 6.03. The van der Waals surface area contributed by atoms with Crippen LogP contribution < -0.4 is 5.73 Å². The maximum Gasteiger partial charge on any atom is 0.151 e. The smallest absolute Gasteiger partial charge is 0.151 e. The van der Waals surface area contributed by atoms with Crippen molar-refractivity contribution in [1.29, 1.82) is 0 Å². The largest absolute Gasteiger partial charge is 0.383 e. The minimum Gasteiger partial charge on any atom is -0.383 e. The summed E-state index contributed by atoms with van der Waals surface area (Å²) in [5, 5.41) is 0. The van der Waals surface area contributed by atoms with E-state index in [4.69, 9.17) is 22.1 Å². The summed E-state index contributed by atoms with van der Waals surface area (Å²) in [5.41, 5.74) is 6.32. The average Bonchev–Trinajstić information content (AvgIpc) is 3.01. The van der Waals surface area contributed by atoms with Gasteiger partial charge in [-0.25, -0.2) is 9.97 Å². The van der Waals surface area contributed by atoms with Gasteiger partial charge in [0, 0.05) is 24.8 Å². The average molecular weight is 449 g/mol. The van der Waals surface area contributed by atoms with Gasteiger partial charge in [0.25, 0.3) is 0 Å². The molecule has 8 heteroatoms. The third-order valence-electron chi connectivity index (χ3n) is 2.22. The highest BCUT2D eigenvalue weighted by Gasteiger charge is 1.95. The molecule has 3 aromatic heterocycles. The fourth-order valence-electron chi connectivity index (χ4n) is 1.31. The minimum absolute atomic E-state index is 0.111. The van der Waals surface area contributed by atoms with E-state index in [0.717, 1.165) is 14.6 Å². The molecule has 0 saturated heterocycles. The standard InChI is InChI=1S/C7H5BrN2.C5H5BrN2.C2H3ClO/c8-6-2-1-4-10-5-3-9-7(6)10;6-4-2-1-3-8-5(4)7;3-1-2-4/h1-5H;1-3H,(H2,7,8);2H,1H2. The molecule has 0 saturated carbocycles. The van der Waals surface area contributed by atoms with Crippen molar-refractivity contribution in [2.75, 3.05) is 11.6 Å². The Morgan fingerprint density at radius 2 is 1.82 bits per heavy atom. The van der Waals surface area contributed by atoms with Gasteiger partial charge in [0.15, 0.2) is 5.65 Å². The summed E-state index contributed by atoms with van der Waals surface area (Å²) in [7, 11) is 0. The maximum atomic E-state index is 9.04. The number of halogens is 3. The van der Waals surface area contributed by atoms with E-state index in [9.17, 15) is 0 Å². The Labute approximate surface area is 149 Å². The quantitative estimate of drug-likeness (QED) is 0.452. The van der Waals surface area contributed by atoms with Crippen LogP contribution in [0.2, 0.25) is 0 Å². The van der Waals surface area contributed by atoms with Crippen LogP contribution in [0, 0.1) is 0 Å². The van der Waals surface area contributed by atoms with Crippen LogP contribution >= 0.6 is 43.5 Å². The fourth-order valence-corrected chi connectivity index (χ4v) is 2.03. The van der Waals surface area contributed by atoms with Gasteiger partial charge in [0.1, 0.15) is 12.1 Å². The highest BCUT2D eigenvalue weighted by molar-refractivity contribution is 9.11. The molecule has 22 heavy (non-hydrogen) atoms. The number of aldehydes is 1. The molecule has 0 bridgehead atoms. The second-order valence-corrected chi connectivity index (χ2v) is 5.72. The Bertz CT molecular complexity index is 700. The van der Waals surface area contributed by atoms with Crippen molar-refractivity contribution < 1.29 is 4.79 Å². The number of nitrogen functional groups attached to an aromatic ring is 1. The molecule has 0 atom stereocenters. The lowest BCUT2D eigenvalue weighted by molar-refractivity contribution is -0.105. The Morgan fingerprint density at radius 1 is 1.14 bits per heavy atom. The van der Waals surface area contributed by atoms with Crippen LogP contribution in [-0.2, 0) is 4.79 Å². The van der Waals surface area contributed by atoms with Gasteiger partial charge in [-0.05, 0) is 56.1 Å². The number of pyridine rings is 2. The van der Waals surface area contributed by atoms with E-state index in [1.54, 1.807) is 12.4 Å². The SMILES string of the molecule is Brc1cccn2ccnc12.Nc1ncccc1Br.O=CCCl. The number of rotatable bonds is 1. The summed E-state index contributed by atoms with van der Waals surface area (Å²) in [5.74, 6) is 0.646. The zero-order chi connectivity index (χ0) is 16.4. The van der Waals surface area contributed by atoms with Crippen LogP contribution in [0.1, 0.15) is 0 Å². The number of anilines is 1. The number of aromatic nitrogens is 3. The third-order valence-corrected chi connectivity index (χ3v) is 3.64. The number of imidazole rings is 1. The van der Waals surface area contributed by atoms with Crippen molar-refractivity contribution in [1.82, 2.24) is 14.4 Å². The van der Waals surface area contributed by atoms with Crippen molar-refractivity contribution in [2.24, 2.45) is 0 Å². The van der Waals surface area contributed by atoms with E-state index in [0.29, 0.717) is 12.1 Å². The van der Waals surface area contributed by atoms with E-state index in [-0.39, 0.29) is 5.88 Å². The Balaban J connectivity index is 0.000000182. The van der Waals surface area contributed by atoms with Gasteiger partial charge in [-0.15, -0.1) is 11.6 Å². The Kier molecular flexibility index (Phi) is 8.72. The fraction of sp³-hybridized carbons (Fsp3) is 0.0714. The predicted octanol–water partition coefficient (Wildman–Crippen LogP) is 3.95. The molecule has 0 aliphatic carbocycles. The van der Waals surface area contributed by atoms with Crippen molar-refractivity contribution in [3.63, 3.8) is 0 Å². The molecule has 0 spiro atoms. The topological polar surface area (TPSA) is 73.3 Å². The van der Waals surface area contributed by atoms with Crippen LogP contribution in [0.3, 0.4) is 0 Å². The highest BCUT2D eigenvalue weighted by Crippen LogP contribution is 2.14. The van der Waals surface area contributed by atoms with Crippen LogP contribution in [0.5, 0.6) is 0 Å². The van der Waals surface area contributed by atoms with Gasteiger partial charge >= 0.3 is 0 Å². The Hall–Kier alpha value is -1.44. The molecular formula is C14H13Br2ClN4O. The predicted molar refractivity (Wildman–Crippen MR) is 96.0 cm³/mol. The summed E-state index contributed by atoms with van der Waals surface area (Å²) in [6, 6.07) is 7.61. The second-order valence-electron chi connectivity index (χ2n) is 3.71. The van der Waals surface area contributed by atoms with Gasteiger partial charge in [-0.2, -0.15) is 0 Å². The summed E-state index contributed by atoms with van der Waals surface area (Å²) < 4.78 is 3.84. The first kappa shape index (κ1) is 18.6.